The van der Waals surface area contributed by atoms with Crippen molar-refractivity contribution in [2.45, 2.75) is 32.7 Å². The molecular weight excluding hydrogens is 212 g/mol. The summed E-state index contributed by atoms with van der Waals surface area (Å²) in [5, 5.41) is 3.00. The summed E-state index contributed by atoms with van der Waals surface area (Å²) in [7, 11) is 0. The molecule has 92 valence electrons. The number of carbonyl (C=O) groups excluding carboxylic acids is 1. The van der Waals surface area contributed by atoms with E-state index in [0.29, 0.717) is 13.1 Å². The van der Waals surface area contributed by atoms with E-state index in [1.165, 1.54) is 5.56 Å². The van der Waals surface area contributed by atoms with Gasteiger partial charge in [-0.15, -0.1) is 0 Å². The molecule has 0 bridgehead atoms. The second-order valence-electron chi connectivity index (χ2n) is 5.01. The van der Waals surface area contributed by atoms with Crippen molar-refractivity contribution in [1.82, 2.24) is 5.32 Å². The highest BCUT2D eigenvalue weighted by Gasteiger charge is 2.42. The maximum Gasteiger partial charge on any atom is 0.227 e. The van der Waals surface area contributed by atoms with Gasteiger partial charge < -0.3 is 11.1 Å². The van der Waals surface area contributed by atoms with Crippen LogP contribution in [0.1, 0.15) is 30.4 Å². The average Bonchev–Trinajstić information content (AvgIpc) is 2.26. The summed E-state index contributed by atoms with van der Waals surface area (Å²) >= 11 is 0. The minimum atomic E-state index is -0.274. The van der Waals surface area contributed by atoms with Crippen LogP contribution in [-0.4, -0.2) is 12.5 Å². The summed E-state index contributed by atoms with van der Waals surface area (Å²) in [6.45, 7) is 3.12. The quantitative estimate of drug-likeness (QED) is 0.830. The lowest BCUT2D eigenvalue weighted by atomic mass is 9.68. The van der Waals surface area contributed by atoms with E-state index in [2.05, 4.69) is 24.4 Å². The van der Waals surface area contributed by atoms with Crippen LogP contribution in [0.3, 0.4) is 0 Å². The number of nitrogens with two attached hydrogens (primary N) is 1. The van der Waals surface area contributed by atoms with E-state index >= 15 is 0 Å². The second-order valence-corrected chi connectivity index (χ2v) is 5.01. The van der Waals surface area contributed by atoms with Gasteiger partial charge in [-0.3, -0.25) is 4.79 Å². The van der Waals surface area contributed by atoms with Crippen LogP contribution in [0.2, 0.25) is 0 Å². The first-order valence-corrected chi connectivity index (χ1v) is 6.20. The number of aryl methyl sites for hydroxylation is 1. The fraction of sp³-hybridized carbons (Fsp3) is 0.500. The topological polar surface area (TPSA) is 55.1 Å². The first-order chi connectivity index (χ1) is 8.16. The van der Waals surface area contributed by atoms with Crippen LogP contribution >= 0.6 is 0 Å². The number of hydrogen-bond acceptors (Lipinski definition) is 2. The fourth-order valence-electron chi connectivity index (χ4n) is 2.32. The number of amides is 1. The first kappa shape index (κ1) is 12.1. The highest BCUT2D eigenvalue weighted by atomic mass is 16.2. The van der Waals surface area contributed by atoms with Gasteiger partial charge >= 0.3 is 0 Å². The van der Waals surface area contributed by atoms with Gasteiger partial charge in [-0.2, -0.15) is 0 Å². The third-order valence-corrected chi connectivity index (χ3v) is 3.72. The van der Waals surface area contributed by atoms with Crippen LogP contribution in [0, 0.1) is 12.3 Å². The Hall–Kier alpha value is -1.35. The number of benzene rings is 1. The molecule has 0 aliphatic heterocycles. The van der Waals surface area contributed by atoms with Crippen LogP contribution in [0.4, 0.5) is 0 Å². The molecule has 0 saturated heterocycles. The lowest BCUT2D eigenvalue weighted by Crippen LogP contribution is -2.50. The molecule has 0 radical (unpaired) electrons. The molecule has 1 aliphatic rings. The maximum absolute atomic E-state index is 12.0. The molecule has 0 aromatic heterocycles. The normalized spacial score (nSPS) is 17.3. The molecule has 1 aromatic carbocycles. The van der Waals surface area contributed by atoms with Crippen LogP contribution in [-0.2, 0) is 11.3 Å². The van der Waals surface area contributed by atoms with Crippen LogP contribution in [0.5, 0.6) is 0 Å². The maximum atomic E-state index is 12.0. The zero-order valence-electron chi connectivity index (χ0n) is 10.3. The molecule has 0 unspecified atom stereocenters. The van der Waals surface area contributed by atoms with Gasteiger partial charge in [0.2, 0.25) is 5.91 Å². The van der Waals surface area contributed by atoms with E-state index in [-0.39, 0.29) is 11.3 Å². The van der Waals surface area contributed by atoms with E-state index < -0.39 is 0 Å². The van der Waals surface area contributed by atoms with E-state index in [1.807, 2.05) is 12.1 Å². The second kappa shape index (κ2) is 4.88. The Morgan fingerprint density at radius 3 is 2.76 bits per heavy atom. The molecule has 3 heteroatoms. The smallest absolute Gasteiger partial charge is 0.227 e. The van der Waals surface area contributed by atoms with E-state index in [4.69, 9.17) is 5.73 Å². The molecule has 1 aliphatic carbocycles. The van der Waals surface area contributed by atoms with Crippen LogP contribution in [0.15, 0.2) is 24.3 Å². The Bertz CT molecular complexity index is 405. The Labute approximate surface area is 102 Å². The first-order valence-electron chi connectivity index (χ1n) is 6.20. The molecule has 0 atom stereocenters. The van der Waals surface area contributed by atoms with Gasteiger partial charge in [0.1, 0.15) is 0 Å². The van der Waals surface area contributed by atoms with Gasteiger partial charge in [-0.1, -0.05) is 36.2 Å². The largest absolute Gasteiger partial charge is 0.352 e. The Balaban J connectivity index is 1.92. The van der Waals surface area contributed by atoms with Crippen molar-refractivity contribution in [3.8, 4) is 0 Å². The molecule has 0 heterocycles. The highest BCUT2D eigenvalue weighted by molar-refractivity contribution is 5.83. The molecule has 0 spiro atoms. The molecule has 3 N–H and O–H groups in total. The summed E-state index contributed by atoms with van der Waals surface area (Å²) < 4.78 is 0. The molecule has 1 aromatic rings. The molecule has 17 heavy (non-hydrogen) atoms. The number of carbonyl (C=O) groups is 1. The van der Waals surface area contributed by atoms with Crippen molar-refractivity contribution in [3.05, 3.63) is 35.4 Å². The molecule has 3 nitrogen and oxygen atoms in total. The van der Waals surface area contributed by atoms with Crippen molar-refractivity contribution in [3.63, 3.8) is 0 Å². The van der Waals surface area contributed by atoms with Gasteiger partial charge in [0.15, 0.2) is 0 Å². The monoisotopic (exact) mass is 232 g/mol. The summed E-state index contributed by atoms with van der Waals surface area (Å²) in [5.74, 6) is 0.118. The van der Waals surface area contributed by atoms with Gasteiger partial charge in [0, 0.05) is 13.1 Å². The lowest BCUT2D eigenvalue weighted by Gasteiger charge is -2.39. The zero-order valence-corrected chi connectivity index (χ0v) is 10.3. The number of nitrogens with one attached hydrogen (secondary N) is 1. The van der Waals surface area contributed by atoms with E-state index in [0.717, 1.165) is 24.8 Å². The lowest BCUT2D eigenvalue weighted by molar-refractivity contribution is -0.135. The molecular formula is C14H20N2O. The van der Waals surface area contributed by atoms with Crippen molar-refractivity contribution >= 4 is 5.91 Å². The van der Waals surface area contributed by atoms with E-state index in [1.54, 1.807) is 0 Å². The predicted molar refractivity (Wildman–Crippen MR) is 68.4 cm³/mol. The summed E-state index contributed by atoms with van der Waals surface area (Å²) in [4.78, 5) is 12.0. The Kier molecular flexibility index (Phi) is 3.48. The third-order valence-electron chi connectivity index (χ3n) is 3.72. The zero-order chi connectivity index (χ0) is 12.3. The third kappa shape index (κ3) is 2.50. The Morgan fingerprint density at radius 1 is 1.47 bits per heavy atom. The highest BCUT2D eigenvalue weighted by Crippen LogP contribution is 2.39. The summed E-state index contributed by atoms with van der Waals surface area (Å²) in [6, 6.07) is 8.19. The van der Waals surface area contributed by atoms with Crippen molar-refractivity contribution in [2.75, 3.05) is 6.54 Å². The minimum Gasteiger partial charge on any atom is -0.352 e. The minimum absolute atomic E-state index is 0.118. The van der Waals surface area contributed by atoms with Gasteiger partial charge in [0.25, 0.3) is 0 Å². The summed E-state index contributed by atoms with van der Waals surface area (Å²) in [5.41, 5.74) is 7.79. The number of rotatable bonds is 4. The van der Waals surface area contributed by atoms with E-state index in [9.17, 15) is 4.79 Å². The molecule has 1 amide bonds. The molecule has 2 rings (SSSR count). The molecule has 1 fully saturated rings. The fourth-order valence-corrected chi connectivity index (χ4v) is 2.32. The van der Waals surface area contributed by atoms with Crippen LogP contribution < -0.4 is 11.1 Å². The van der Waals surface area contributed by atoms with Gasteiger partial charge in [-0.25, -0.2) is 0 Å². The number of hydrogen-bond donors (Lipinski definition) is 2. The van der Waals surface area contributed by atoms with Crippen molar-refractivity contribution in [2.24, 2.45) is 11.1 Å². The standard InChI is InChI=1S/C14H20N2O/c1-11-4-2-5-12(8-11)9-16-13(17)14(10-15)6-3-7-14/h2,4-5,8H,3,6-7,9-10,15H2,1H3,(H,16,17). The Morgan fingerprint density at radius 2 is 2.24 bits per heavy atom. The van der Waals surface area contributed by atoms with Crippen LogP contribution in [0.25, 0.3) is 0 Å². The predicted octanol–water partition coefficient (Wildman–Crippen LogP) is 1.74. The van der Waals surface area contributed by atoms with Crippen molar-refractivity contribution in [1.29, 1.82) is 0 Å². The molecule has 1 saturated carbocycles. The van der Waals surface area contributed by atoms with Gasteiger partial charge in [0.05, 0.1) is 5.41 Å². The van der Waals surface area contributed by atoms with Gasteiger partial charge in [-0.05, 0) is 25.3 Å². The van der Waals surface area contributed by atoms with Crippen molar-refractivity contribution < 1.29 is 4.79 Å². The summed E-state index contributed by atoms with van der Waals surface area (Å²) in [6.07, 6.45) is 2.99. The average molecular weight is 232 g/mol. The SMILES string of the molecule is Cc1cccc(CNC(=O)C2(CN)CCC2)c1.